The number of H-pyrrole nitrogens is 2. The fourth-order valence-electron chi connectivity index (χ4n) is 7.56. The van der Waals surface area contributed by atoms with Gasteiger partial charge in [-0.25, -0.2) is 19.6 Å². The van der Waals surface area contributed by atoms with Gasteiger partial charge in [0.15, 0.2) is 0 Å². The largest absolute Gasteiger partial charge is 0.453 e. The van der Waals surface area contributed by atoms with Crippen LogP contribution in [0.15, 0.2) is 36.7 Å². The zero-order chi connectivity index (χ0) is 37.7. The summed E-state index contributed by atoms with van der Waals surface area (Å²) < 4.78 is 20.6. The van der Waals surface area contributed by atoms with E-state index in [1.165, 1.54) is 14.2 Å². The number of likely N-dealkylation sites (tertiary alicyclic amines) is 2. The average molecular weight is 812 g/mol. The molecule has 4 amide bonds. The number of nitrogens with one attached hydrogen (secondary N) is 4. The van der Waals surface area contributed by atoms with E-state index in [1.807, 2.05) is 24.3 Å². The molecule has 4 aliphatic rings. The Balaban J connectivity index is 0.00000300. The Morgan fingerprint density at radius 1 is 0.768 bits per heavy atom. The molecule has 1 aromatic carbocycles. The van der Waals surface area contributed by atoms with E-state index >= 15 is 0 Å². The lowest BCUT2D eigenvalue weighted by molar-refractivity contribution is -0.140. The molecule has 0 aliphatic carbocycles. The molecule has 2 aromatic heterocycles. The fourth-order valence-corrected chi connectivity index (χ4v) is 7.56. The number of aromatic amines is 2. The fraction of sp³-hybridized carbons (Fsp3) is 0.474. The van der Waals surface area contributed by atoms with Crippen LogP contribution in [0, 0.1) is 23.7 Å². The van der Waals surface area contributed by atoms with Crippen LogP contribution in [-0.4, -0.2) is 119 Å². The molecule has 18 heteroatoms. The number of aromatic nitrogens is 4. The van der Waals surface area contributed by atoms with E-state index in [2.05, 4.69) is 54.3 Å². The highest BCUT2D eigenvalue weighted by atomic mass is 35.5. The molecule has 0 saturated carbocycles. The highest BCUT2D eigenvalue weighted by Crippen LogP contribution is 2.36. The van der Waals surface area contributed by atoms with Crippen molar-refractivity contribution in [3.63, 3.8) is 0 Å². The van der Waals surface area contributed by atoms with Gasteiger partial charge in [-0.05, 0) is 61.1 Å². The summed E-state index contributed by atoms with van der Waals surface area (Å²) in [5.41, 5.74) is 0.739. The summed E-state index contributed by atoms with van der Waals surface area (Å²) >= 11 is 0. The van der Waals surface area contributed by atoms with Crippen LogP contribution in [0.1, 0.15) is 73.5 Å². The maximum Gasteiger partial charge on any atom is 0.407 e. The summed E-state index contributed by atoms with van der Waals surface area (Å²) in [4.78, 5) is 70.8. The second-order valence-electron chi connectivity index (χ2n) is 13.8. The number of nitrogens with zero attached hydrogens (tertiary/aromatic N) is 4. The summed E-state index contributed by atoms with van der Waals surface area (Å²) in [6.45, 7) is 2.02. The summed E-state index contributed by atoms with van der Waals surface area (Å²) in [6, 6.07) is 7.14. The van der Waals surface area contributed by atoms with Crippen molar-refractivity contribution in [2.75, 3.05) is 53.7 Å². The standard InChI is InChI=1S/C38H42N8O8.2ClH/c1-51-35(49)43-37(15-19-53-23-37)33(47)45-17-5-9-29(45)31-39-21-27(41-31)8-4-3-7-25-11-13-26(14-12-25)28-22-40-32(42-28)30-10-6-18-46(30)34(48)38(16-20-54-24-38)44-36(50)52-2;;/h11-14,21-22,29-30H,5-6,9-10,15-20,23-24H2,1-2H3,(H,39,41)(H,40,42)(H,43,49)(H,44,50);2*1H/t29-,30-,37-,38-;;/m0../s1. The third kappa shape index (κ3) is 8.59. The van der Waals surface area contributed by atoms with E-state index in [4.69, 9.17) is 18.9 Å². The van der Waals surface area contributed by atoms with Gasteiger partial charge in [0.1, 0.15) is 28.4 Å². The van der Waals surface area contributed by atoms with E-state index in [9.17, 15) is 19.2 Å². The first-order chi connectivity index (χ1) is 26.2. The maximum absolute atomic E-state index is 13.8. The van der Waals surface area contributed by atoms with Gasteiger partial charge in [0.2, 0.25) is 0 Å². The number of carbonyl (C=O) groups is 4. The Hall–Kier alpha value is -5.26. The summed E-state index contributed by atoms with van der Waals surface area (Å²) in [5.74, 6) is 12.7. The number of ether oxygens (including phenoxy) is 4. The summed E-state index contributed by atoms with van der Waals surface area (Å²) in [5, 5.41) is 5.43. The van der Waals surface area contributed by atoms with Gasteiger partial charge in [-0.2, -0.15) is 0 Å². The van der Waals surface area contributed by atoms with E-state index in [0.29, 0.717) is 56.5 Å². The number of imidazole rings is 2. The van der Waals surface area contributed by atoms with Crippen molar-refractivity contribution in [1.82, 2.24) is 40.4 Å². The zero-order valence-electron chi connectivity index (χ0n) is 31.0. The normalized spacial score (nSPS) is 23.8. The quantitative estimate of drug-likeness (QED) is 0.257. The van der Waals surface area contributed by atoms with Crippen molar-refractivity contribution in [3.8, 4) is 34.9 Å². The number of benzene rings is 1. The molecule has 0 spiro atoms. The minimum absolute atomic E-state index is 0. The minimum Gasteiger partial charge on any atom is -0.453 e. The van der Waals surface area contributed by atoms with Crippen LogP contribution >= 0.6 is 24.8 Å². The molecule has 0 radical (unpaired) electrons. The second kappa shape index (κ2) is 18.1. The van der Waals surface area contributed by atoms with Crippen LogP contribution in [0.5, 0.6) is 0 Å². The van der Waals surface area contributed by atoms with Crippen molar-refractivity contribution < 1.29 is 38.1 Å². The van der Waals surface area contributed by atoms with Crippen LogP contribution in [0.25, 0.3) is 11.3 Å². The van der Waals surface area contributed by atoms with Crippen LogP contribution in [0.4, 0.5) is 9.59 Å². The van der Waals surface area contributed by atoms with Crippen molar-refractivity contribution in [2.45, 2.75) is 61.7 Å². The molecule has 16 nitrogen and oxygen atoms in total. The SMILES string of the molecule is COC(=O)N[C@@]1(C(=O)N2CCC[C@H]2c2ncc(C#CC#Cc3ccc(-c4cnc([C@@H]5CCCN5C(=O)[C@]5(NC(=O)OC)CCOC5)[nH]4)cc3)[nH]2)CCOC1.Cl.Cl. The lowest BCUT2D eigenvalue weighted by Gasteiger charge is -2.34. The summed E-state index contributed by atoms with van der Waals surface area (Å²) in [7, 11) is 2.54. The van der Waals surface area contributed by atoms with Gasteiger partial charge in [0.05, 0.1) is 57.6 Å². The molecule has 298 valence electrons. The molecule has 4 aliphatic heterocycles. The lowest BCUT2D eigenvalue weighted by Crippen LogP contribution is -2.60. The number of hydrogen-bond acceptors (Lipinski definition) is 10. The number of amides is 4. The number of methoxy groups -OCH3 is 2. The van der Waals surface area contributed by atoms with Gasteiger partial charge in [-0.15, -0.1) is 24.8 Å². The van der Waals surface area contributed by atoms with Gasteiger partial charge in [0, 0.05) is 44.7 Å². The number of hydrogen-bond donors (Lipinski definition) is 4. The predicted octanol–water partition coefficient (Wildman–Crippen LogP) is 3.40. The lowest BCUT2D eigenvalue weighted by atomic mass is 9.96. The highest BCUT2D eigenvalue weighted by Gasteiger charge is 2.50. The Labute approximate surface area is 336 Å². The van der Waals surface area contributed by atoms with Crippen molar-refractivity contribution in [3.05, 3.63) is 59.6 Å². The molecule has 56 heavy (non-hydrogen) atoms. The van der Waals surface area contributed by atoms with E-state index in [1.54, 1.807) is 22.2 Å². The van der Waals surface area contributed by atoms with Crippen molar-refractivity contribution in [2.24, 2.45) is 0 Å². The monoisotopic (exact) mass is 810 g/mol. The molecule has 4 atom stereocenters. The first-order valence-electron chi connectivity index (χ1n) is 18.0. The first kappa shape index (κ1) is 41.9. The van der Waals surface area contributed by atoms with Crippen LogP contribution in [0.3, 0.4) is 0 Å². The van der Waals surface area contributed by atoms with Gasteiger partial charge < -0.3 is 49.3 Å². The predicted molar refractivity (Wildman–Crippen MR) is 206 cm³/mol. The number of alkyl carbamates (subject to hydrolysis) is 2. The molecule has 0 bridgehead atoms. The Morgan fingerprint density at radius 3 is 1.80 bits per heavy atom. The van der Waals surface area contributed by atoms with Crippen LogP contribution in [0.2, 0.25) is 0 Å². The topological polar surface area (TPSA) is 193 Å². The Bertz CT molecular complexity index is 2020. The molecular weight excluding hydrogens is 767 g/mol. The molecule has 4 fully saturated rings. The smallest absolute Gasteiger partial charge is 0.407 e. The maximum atomic E-state index is 13.8. The molecule has 7 rings (SSSR count). The zero-order valence-corrected chi connectivity index (χ0v) is 32.6. The third-order valence-corrected chi connectivity index (χ3v) is 10.4. The van der Waals surface area contributed by atoms with Crippen LogP contribution < -0.4 is 10.6 Å². The van der Waals surface area contributed by atoms with Gasteiger partial charge >= 0.3 is 12.2 Å². The molecule has 3 aromatic rings. The number of rotatable bonds is 7. The number of carbonyl (C=O) groups excluding carboxylic acids is 4. The minimum atomic E-state index is -1.17. The molecule has 4 N–H and O–H groups in total. The van der Waals surface area contributed by atoms with E-state index in [0.717, 1.165) is 42.5 Å². The van der Waals surface area contributed by atoms with E-state index < -0.39 is 23.3 Å². The molecule has 0 unspecified atom stereocenters. The van der Waals surface area contributed by atoms with Gasteiger partial charge in [-0.3, -0.25) is 9.59 Å². The third-order valence-electron chi connectivity index (χ3n) is 10.4. The Kier molecular flexibility index (Phi) is 13.6. The first-order valence-corrected chi connectivity index (χ1v) is 18.0. The van der Waals surface area contributed by atoms with Gasteiger partial charge in [0.25, 0.3) is 11.8 Å². The van der Waals surface area contributed by atoms with Gasteiger partial charge in [-0.1, -0.05) is 18.1 Å². The average Bonchev–Trinajstić information content (AvgIpc) is 4.04. The van der Waals surface area contributed by atoms with Crippen molar-refractivity contribution >= 4 is 48.8 Å². The van der Waals surface area contributed by atoms with E-state index in [-0.39, 0.29) is 61.9 Å². The van der Waals surface area contributed by atoms with Crippen LogP contribution in [-0.2, 0) is 28.5 Å². The van der Waals surface area contributed by atoms with Crippen molar-refractivity contribution in [1.29, 1.82) is 0 Å². The number of halogens is 2. The molecule has 6 heterocycles. The Morgan fingerprint density at radius 2 is 1.29 bits per heavy atom. The summed E-state index contributed by atoms with van der Waals surface area (Å²) in [6.07, 6.45) is 5.86. The molecular formula is C38H44Cl2N8O8. The molecule has 4 saturated heterocycles. The second-order valence-corrected chi connectivity index (χ2v) is 13.8. The highest BCUT2D eigenvalue weighted by molar-refractivity contribution is 5.92.